The second-order valence-corrected chi connectivity index (χ2v) is 6.46. The number of aromatic nitrogens is 1. The Morgan fingerprint density at radius 1 is 1.04 bits per heavy atom. The van der Waals surface area contributed by atoms with Crippen molar-refractivity contribution >= 4 is 28.4 Å². The Labute approximate surface area is 156 Å². The lowest BCUT2D eigenvalue weighted by molar-refractivity contribution is -0.123. The van der Waals surface area contributed by atoms with Gasteiger partial charge in [-0.3, -0.25) is 14.6 Å². The molecule has 1 fully saturated rings. The van der Waals surface area contributed by atoms with Crippen molar-refractivity contribution in [2.75, 3.05) is 11.9 Å². The molecule has 0 spiro atoms. The van der Waals surface area contributed by atoms with Crippen LogP contribution in [0.25, 0.3) is 10.9 Å². The highest BCUT2D eigenvalue weighted by molar-refractivity contribution is 6.09. The van der Waals surface area contributed by atoms with Crippen LogP contribution in [0, 0.1) is 0 Å². The van der Waals surface area contributed by atoms with E-state index in [0.29, 0.717) is 17.0 Å². The molecule has 136 valence electrons. The SMILES string of the molecule is O=C(COc1ccccc1C(=O)Nc1cccc2cccnc12)NC1CC1. The third-order valence-corrected chi connectivity index (χ3v) is 4.31. The second kappa shape index (κ2) is 7.45. The molecule has 0 bridgehead atoms. The minimum absolute atomic E-state index is 0.114. The normalized spacial score (nSPS) is 13.2. The van der Waals surface area contributed by atoms with E-state index in [4.69, 9.17) is 4.74 Å². The highest BCUT2D eigenvalue weighted by Gasteiger charge is 2.23. The van der Waals surface area contributed by atoms with E-state index in [9.17, 15) is 9.59 Å². The number of anilines is 1. The molecule has 2 amide bonds. The third-order valence-electron chi connectivity index (χ3n) is 4.31. The molecule has 27 heavy (non-hydrogen) atoms. The fourth-order valence-electron chi connectivity index (χ4n) is 2.82. The summed E-state index contributed by atoms with van der Waals surface area (Å²) in [5, 5.41) is 6.69. The number of nitrogens with zero attached hydrogens (tertiary/aromatic N) is 1. The number of hydrogen-bond acceptors (Lipinski definition) is 4. The summed E-state index contributed by atoms with van der Waals surface area (Å²) in [5.74, 6) is -0.119. The van der Waals surface area contributed by atoms with Crippen LogP contribution in [-0.4, -0.2) is 29.4 Å². The average Bonchev–Trinajstić information content (AvgIpc) is 3.51. The van der Waals surface area contributed by atoms with E-state index in [1.165, 1.54) is 0 Å². The summed E-state index contributed by atoms with van der Waals surface area (Å²) in [6, 6.07) is 16.5. The van der Waals surface area contributed by atoms with Gasteiger partial charge in [-0.1, -0.05) is 30.3 Å². The lowest BCUT2D eigenvalue weighted by Crippen LogP contribution is -2.30. The van der Waals surface area contributed by atoms with E-state index in [0.717, 1.165) is 23.7 Å². The molecule has 1 aromatic heterocycles. The zero-order valence-corrected chi connectivity index (χ0v) is 14.6. The Hall–Kier alpha value is -3.41. The molecule has 1 aliphatic carbocycles. The molecule has 1 saturated carbocycles. The van der Waals surface area contributed by atoms with Crippen molar-refractivity contribution in [3.63, 3.8) is 0 Å². The number of nitrogens with one attached hydrogen (secondary N) is 2. The standard InChI is InChI=1S/C21H19N3O3/c25-19(23-15-10-11-15)13-27-18-9-2-1-7-16(18)21(26)24-17-8-3-5-14-6-4-12-22-20(14)17/h1-9,12,15H,10-11,13H2,(H,23,25)(H,24,26). The summed E-state index contributed by atoms with van der Waals surface area (Å²) < 4.78 is 5.59. The smallest absolute Gasteiger partial charge is 0.259 e. The van der Waals surface area contributed by atoms with E-state index in [1.54, 1.807) is 36.5 Å². The Kier molecular flexibility index (Phi) is 4.70. The van der Waals surface area contributed by atoms with Crippen molar-refractivity contribution in [3.05, 3.63) is 66.4 Å². The Morgan fingerprint density at radius 3 is 2.70 bits per heavy atom. The van der Waals surface area contributed by atoms with Crippen LogP contribution in [0.2, 0.25) is 0 Å². The maximum Gasteiger partial charge on any atom is 0.259 e. The van der Waals surface area contributed by atoms with Gasteiger partial charge in [0.25, 0.3) is 11.8 Å². The van der Waals surface area contributed by atoms with Gasteiger partial charge in [0, 0.05) is 17.6 Å². The number of benzene rings is 2. The van der Waals surface area contributed by atoms with E-state index in [1.807, 2.05) is 24.3 Å². The van der Waals surface area contributed by atoms with E-state index in [2.05, 4.69) is 15.6 Å². The number of fused-ring (bicyclic) bond motifs is 1. The number of ether oxygens (including phenoxy) is 1. The molecule has 4 rings (SSSR count). The summed E-state index contributed by atoms with van der Waals surface area (Å²) in [4.78, 5) is 29.0. The van der Waals surface area contributed by atoms with Gasteiger partial charge < -0.3 is 15.4 Å². The molecular formula is C21H19N3O3. The summed E-state index contributed by atoms with van der Waals surface area (Å²) in [6.45, 7) is -0.114. The van der Waals surface area contributed by atoms with E-state index in [-0.39, 0.29) is 24.5 Å². The maximum atomic E-state index is 12.8. The Bertz CT molecular complexity index is 993. The van der Waals surface area contributed by atoms with Crippen LogP contribution >= 0.6 is 0 Å². The molecule has 0 saturated heterocycles. The zero-order valence-electron chi connectivity index (χ0n) is 14.6. The number of amides is 2. The second-order valence-electron chi connectivity index (χ2n) is 6.46. The molecule has 6 nitrogen and oxygen atoms in total. The highest BCUT2D eigenvalue weighted by atomic mass is 16.5. The maximum absolute atomic E-state index is 12.8. The van der Waals surface area contributed by atoms with Crippen molar-refractivity contribution in [3.8, 4) is 5.75 Å². The molecule has 0 radical (unpaired) electrons. The first-order valence-electron chi connectivity index (χ1n) is 8.87. The van der Waals surface area contributed by atoms with Gasteiger partial charge in [0.15, 0.2) is 6.61 Å². The minimum atomic E-state index is -0.314. The Balaban J connectivity index is 1.50. The lowest BCUT2D eigenvalue weighted by atomic mass is 10.1. The van der Waals surface area contributed by atoms with E-state index >= 15 is 0 Å². The third kappa shape index (κ3) is 4.06. The molecule has 2 aromatic carbocycles. The lowest BCUT2D eigenvalue weighted by Gasteiger charge is -2.12. The van der Waals surface area contributed by atoms with Gasteiger partial charge in [-0.2, -0.15) is 0 Å². The van der Waals surface area contributed by atoms with Gasteiger partial charge in [-0.05, 0) is 37.1 Å². The topological polar surface area (TPSA) is 80.3 Å². The van der Waals surface area contributed by atoms with Crippen molar-refractivity contribution < 1.29 is 14.3 Å². The van der Waals surface area contributed by atoms with Crippen molar-refractivity contribution in [1.82, 2.24) is 10.3 Å². The van der Waals surface area contributed by atoms with Gasteiger partial charge in [-0.25, -0.2) is 0 Å². The van der Waals surface area contributed by atoms with Crippen LogP contribution in [0.15, 0.2) is 60.8 Å². The predicted octanol–water partition coefficient (Wildman–Crippen LogP) is 3.14. The molecular weight excluding hydrogens is 342 g/mol. The molecule has 1 aliphatic rings. The van der Waals surface area contributed by atoms with Gasteiger partial charge in [0.05, 0.1) is 16.8 Å². The molecule has 0 unspecified atom stereocenters. The summed E-state index contributed by atoms with van der Waals surface area (Å²) >= 11 is 0. The molecule has 3 aromatic rings. The number of carbonyl (C=O) groups excluding carboxylic acids is 2. The first-order valence-corrected chi connectivity index (χ1v) is 8.87. The van der Waals surface area contributed by atoms with Crippen molar-refractivity contribution in [1.29, 1.82) is 0 Å². The monoisotopic (exact) mass is 361 g/mol. The summed E-state index contributed by atoms with van der Waals surface area (Å²) in [6.07, 6.45) is 3.72. The molecule has 1 heterocycles. The van der Waals surface area contributed by atoms with Crippen LogP contribution < -0.4 is 15.4 Å². The first-order chi connectivity index (χ1) is 13.2. The molecule has 2 N–H and O–H groups in total. The van der Waals surface area contributed by atoms with Crippen LogP contribution in [0.4, 0.5) is 5.69 Å². The number of rotatable bonds is 6. The Morgan fingerprint density at radius 2 is 1.85 bits per heavy atom. The summed E-state index contributed by atoms with van der Waals surface area (Å²) in [5.41, 5.74) is 1.71. The first kappa shape index (κ1) is 17.0. The highest BCUT2D eigenvalue weighted by Crippen LogP contribution is 2.24. The molecule has 6 heteroatoms. The fraction of sp³-hybridized carbons (Fsp3) is 0.190. The number of pyridine rings is 1. The van der Waals surface area contributed by atoms with E-state index < -0.39 is 0 Å². The van der Waals surface area contributed by atoms with Gasteiger partial charge in [0.1, 0.15) is 5.75 Å². The van der Waals surface area contributed by atoms with Crippen LogP contribution in [0.1, 0.15) is 23.2 Å². The van der Waals surface area contributed by atoms with Gasteiger partial charge >= 0.3 is 0 Å². The summed E-state index contributed by atoms with van der Waals surface area (Å²) in [7, 11) is 0. The quantitative estimate of drug-likeness (QED) is 0.707. The predicted molar refractivity (Wildman–Crippen MR) is 103 cm³/mol. The zero-order chi connectivity index (χ0) is 18.6. The number of hydrogen-bond donors (Lipinski definition) is 2. The van der Waals surface area contributed by atoms with Gasteiger partial charge in [0.2, 0.25) is 0 Å². The number of carbonyl (C=O) groups is 2. The fourth-order valence-corrected chi connectivity index (χ4v) is 2.82. The van der Waals surface area contributed by atoms with Crippen LogP contribution in [0.3, 0.4) is 0 Å². The van der Waals surface area contributed by atoms with Crippen molar-refractivity contribution in [2.45, 2.75) is 18.9 Å². The minimum Gasteiger partial charge on any atom is -0.483 e. The average molecular weight is 361 g/mol. The van der Waals surface area contributed by atoms with Crippen LogP contribution in [-0.2, 0) is 4.79 Å². The van der Waals surface area contributed by atoms with Crippen LogP contribution in [0.5, 0.6) is 5.75 Å². The van der Waals surface area contributed by atoms with Gasteiger partial charge in [-0.15, -0.1) is 0 Å². The molecule has 0 atom stereocenters. The molecule has 0 aliphatic heterocycles. The van der Waals surface area contributed by atoms with Crippen molar-refractivity contribution in [2.24, 2.45) is 0 Å². The largest absolute Gasteiger partial charge is 0.483 e. The number of para-hydroxylation sites is 2.